The Bertz CT molecular complexity index is 908. The van der Waals surface area contributed by atoms with Gasteiger partial charge in [-0.05, 0) is 43.3 Å². The second-order valence-corrected chi connectivity index (χ2v) is 7.38. The van der Waals surface area contributed by atoms with E-state index in [1.54, 1.807) is 25.1 Å². The molecule has 2 aromatic carbocycles. The summed E-state index contributed by atoms with van der Waals surface area (Å²) in [7, 11) is -2.50. The summed E-state index contributed by atoms with van der Waals surface area (Å²) in [4.78, 5) is 11.7. The van der Waals surface area contributed by atoms with Crippen LogP contribution in [0.25, 0.3) is 0 Å². The lowest BCUT2D eigenvalue weighted by Crippen LogP contribution is -2.31. The monoisotopic (exact) mass is 377 g/mol. The van der Waals surface area contributed by atoms with Crippen LogP contribution in [0.5, 0.6) is 11.5 Å². The summed E-state index contributed by atoms with van der Waals surface area (Å²) in [6.45, 7) is 2.79. The molecule has 0 aromatic heterocycles. The largest absolute Gasteiger partial charge is 0.486 e. The van der Waals surface area contributed by atoms with Gasteiger partial charge < -0.3 is 14.2 Å². The Morgan fingerprint density at radius 1 is 1.08 bits per heavy atom. The molecule has 1 aliphatic heterocycles. The van der Waals surface area contributed by atoms with Crippen LogP contribution in [0.1, 0.15) is 17.3 Å². The molecule has 0 aliphatic carbocycles. The van der Waals surface area contributed by atoms with Gasteiger partial charge in [-0.2, -0.15) is 0 Å². The summed E-state index contributed by atoms with van der Waals surface area (Å²) in [6, 6.07) is 10.8. The van der Waals surface area contributed by atoms with Crippen LogP contribution >= 0.6 is 0 Å². The van der Waals surface area contributed by atoms with E-state index in [2.05, 4.69) is 4.74 Å². The van der Waals surface area contributed by atoms with Gasteiger partial charge in [-0.1, -0.05) is 0 Å². The minimum atomic E-state index is -3.79. The van der Waals surface area contributed by atoms with E-state index in [1.165, 1.54) is 35.7 Å². The predicted molar refractivity (Wildman–Crippen MR) is 95.4 cm³/mol. The molecule has 0 saturated heterocycles. The van der Waals surface area contributed by atoms with Crippen LogP contribution in [0.2, 0.25) is 0 Å². The van der Waals surface area contributed by atoms with Gasteiger partial charge in [0, 0.05) is 12.6 Å². The van der Waals surface area contributed by atoms with Crippen LogP contribution in [0.4, 0.5) is 5.69 Å². The molecule has 3 rings (SSSR count). The standard InChI is InChI=1S/C18H19NO6S/c1-3-19(14-6-4-13(5-7-14)18(20)23-2)26(21,22)15-8-9-16-17(12-15)25-11-10-24-16/h4-9,12H,3,10-11H2,1-2H3. The van der Waals surface area contributed by atoms with Gasteiger partial charge >= 0.3 is 5.97 Å². The van der Waals surface area contributed by atoms with Gasteiger partial charge in [0.15, 0.2) is 11.5 Å². The Morgan fingerprint density at radius 2 is 1.73 bits per heavy atom. The van der Waals surface area contributed by atoms with Gasteiger partial charge in [-0.25, -0.2) is 13.2 Å². The van der Waals surface area contributed by atoms with Crippen molar-refractivity contribution < 1.29 is 27.4 Å². The molecule has 0 N–H and O–H groups in total. The first kappa shape index (κ1) is 18.1. The summed E-state index contributed by atoms with van der Waals surface area (Å²) in [5.41, 5.74) is 0.805. The minimum Gasteiger partial charge on any atom is -0.486 e. The van der Waals surface area contributed by atoms with Crippen molar-refractivity contribution in [3.05, 3.63) is 48.0 Å². The summed E-state index contributed by atoms with van der Waals surface area (Å²) >= 11 is 0. The Balaban J connectivity index is 1.94. The quantitative estimate of drug-likeness (QED) is 0.745. The van der Waals surface area contributed by atoms with E-state index in [4.69, 9.17) is 9.47 Å². The van der Waals surface area contributed by atoms with Crippen LogP contribution in [0.15, 0.2) is 47.4 Å². The Hall–Kier alpha value is -2.74. The number of hydrogen-bond donors (Lipinski definition) is 0. The Labute approximate surface area is 152 Å². The fourth-order valence-electron chi connectivity index (χ4n) is 2.68. The maximum absolute atomic E-state index is 13.1. The van der Waals surface area contributed by atoms with Gasteiger partial charge in [0.05, 0.1) is 23.3 Å². The molecule has 0 amide bonds. The molecule has 0 fully saturated rings. The van der Waals surface area contributed by atoms with E-state index in [-0.39, 0.29) is 11.4 Å². The highest BCUT2D eigenvalue weighted by Crippen LogP contribution is 2.34. The van der Waals surface area contributed by atoms with Crippen LogP contribution in [0, 0.1) is 0 Å². The molecule has 138 valence electrons. The zero-order chi connectivity index (χ0) is 18.7. The fourth-order valence-corrected chi connectivity index (χ4v) is 4.17. The van der Waals surface area contributed by atoms with Gasteiger partial charge in [0.2, 0.25) is 0 Å². The third-order valence-electron chi connectivity index (χ3n) is 3.97. The number of anilines is 1. The number of methoxy groups -OCH3 is 1. The average molecular weight is 377 g/mol. The van der Waals surface area contributed by atoms with Crippen LogP contribution in [0.3, 0.4) is 0 Å². The SMILES string of the molecule is CCN(c1ccc(C(=O)OC)cc1)S(=O)(=O)c1ccc2c(c1)OCCO2. The average Bonchev–Trinajstić information content (AvgIpc) is 2.68. The summed E-state index contributed by atoms with van der Waals surface area (Å²) in [6.07, 6.45) is 0. The molecule has 8 heteroatoms. The highest BCUT2D eigenvalue weighted by Gasteiger charge is 2.26. The molecule has 1 aliphatic rings. The van der Waals surface area contributed by atoms with Gasteiger partial charge in [-0.3, -0.25) is 4.31 Å². The van der Waals surface area contributed by atoms with Crippen molar-refractivity contribution in [2.45, 2.75) is 11.8 Å². The van der Waals surface area contributed by atoms with E-state index in [9.17, 15) is 13.2 Å². The topological polar surface area (TPSA) is 82.1 Å². The summed E-state index contributed by atoms with van der Waals surface area (Å²) in [5.74, 6) is 0.462. The van der Waals surface area contributed by atoms with Crippen molar-refractivity contribution in [3.63, 3.8) is 0 Å². The number of sulfonamides is 1. The lowest BCUT2D eigenvalue weighted by molar-refractivity contribution is 0.0600. The van der Waals surface area contributed by atoms with Crippen LogP contribution in [-0.4, -0.2) is 41.3 Å². The molecule has 7 nitrogen and oxygen atoms in total. The van der Waals surface area contributed by atoms with Crippen molar-refractivity contribution in [2.75, 3.05) is 31.2 Å². The number of carbonyl (C=O) groups is 1. The van der Waals surface area contributed by atoms with E-state index in [0.29, 0.717) is 36.0 Å². The second-order valence-electron chi connectivity index (χ2n) is 5.51. The fraction of sp³-hybridized carbons (Fsp3) is 0.278. The molecule has 0 spiro atoms. The predicted octanol–water partition coefficient (Wildman–Crippen LogP) is 2.46. The minimum absolute atomic E-state index is 0.112. The number of esters is 1. The van der Waals surface area contributed by atoms with Crippen molar-refractivity contribution in [1.82, 2.24) is 0 Å². The molecular weight excluding hydrogens is 358 g/mol. The third-order valence-corrected chi connectivity index (χ3v) is 5.86. The molecule has 0 saturated carbocycles. The normalized spacial score (nSPS) is 13.2. The molecular formula is C18H19NO6S. The first-order valence-electron chi connectivity index (χ1n) is 8.08. The molecule has 26 heavy (non-hydrogen) atoms. The molecule has 0 radical (unpaired) electrons. The van der Waals surface area contributed by atoms with Crippen molar-refractivity contribution in [3.8, 4) is 11.5 Å². The van der Waals surface area contributed by atoms with Gasteiger partial charge in [0.1, 0.15) is 13.2 Å². The first-order chi connectivity index (χ1) is 12.5. The summed E-state index contributed by atoms with van der Waals surface area (Å²) < 4.78 is 42.9. The lowest BCUT2D eigenvalue weighted by atomic mass is 10.2. The van der Waals surface area contributed by atoms with Crippen molar-refractivity contribution in [1.29, 1.82) is 0 Å². The van der Waals surface area contributed by atoms with Gasteiger partial charge in [-0.15, -0.1) is 0 Å². The Morgan fingerprint density at radius 3 is 2.35 bits per heavy atom. The van der Waals surface area contributed by atoms with Crippen molar-refractivity contribution >= 4 is 21.7 Å². The number of rotatable bonds is 5. The zero-order valence-corrected chi connectivity index (χ0v) is 15.3. The maximum atomic E-state index is 13.1. The van der Waals surface area contributed by atoms with E-state index in [1.807, 2.05) is 0 Å². The highest BCUT2D eigenvalue weighted by atomic mass is 32.2. The smallest absolute Gasteiger partial charge is 0.337 e. The van der Waals surface area contributed by atoms with E-state index >= 15 is 0 Å². The van der Waals surface area contributed by atoms with Gasteiger partial charge in [0.25, 0.3) is 10.0 Å². The number of fused-ring (bicyclic) bond motifs is 1. The lowest BCUT2D eigenvalue weighted by Gasteiger charge is -2.24. The zero-order valence-electron chi connectivity index (χ0n) is 14.5. The second kappa shape index (κ2) is 7.25. The highest BCUT2D eigenvalue weighted by molar-refractivity contribution is 7.92. The van der Waals surface area contributed by atoms with E-state index < -0.39 is 16.0 Å². The summed E-state index contributed by atoms with van der Waals surface area (Å²) in [5, 5.41) is 0. The number of ether oxygens (including phenoxy) is 3. The molecule has 2 aromatic rings. The first-order valence-corrected chi connectivity index (χ1v) is 9.52. The molecule has 0 unspecified atom stereocenters. The third kappa shape index (κ3) is 3.32. The van der Waals surface area contributed by atoms with Crippen molar-refractivity contribution in [2.24, 2.45) is 0 Å². The number of hydrogen-bond acceptors (Lipinski definition) is 6. The number of nitrogens with zero attached hydrogens (tertiary/aromatic N) is 1. The number of carbonyl (C=O) groups excluding carboxylic acids is 1. The Kier molecular flexibility index (Phi) is 5.03. The van der Waals surface area contributed by atoms with Crippen LogP contribution in [-0.2, 0) is 14.8 Å². The molecule has 0 bridgehead atoms. The van der Waals surface area contributed by atoms with Crippen LogP contribution < -0.4 is 13.8 Å². The maximum Gasteiger partial charge on any atom is 0.337 e. The van der Waals surface area contributed by atoms with E-state index in [0.717, 1.165) is 0 Å². The molecule has 1 heterocycles. The number of benzene rings is 2. The molecule has 0 atom stereocenters.